The summed E-state index contributed by atoms with van der Waals surface area (Å²) < 4.78 is 5.20. The highest BCUT2D eigenvalue weighted by Crippen LogP contribution is 2.38. The van der Waals surface area contributed by atoms with Gasteiger partial charge in [0.1, 0.15) is 0 Å². The van der Waals surface area contributed by atoms with Crippen LogP contribution in [0.5, 0.6) is 0 Å². The van der Waals surface area contributed by atoms with Crippen LogP contribution in [0.3, 0.4) is 0 Å². The van der Waals surface area contributed by atoms with Crippen LogP contribution in [0.15, 0.2) is 54.6 Å². The zero-order chi connectivity index (χ0) is 18.1. The van der Waals surface area contributed by atoms with E-state index >= 15 is 0 Å². The zero-order valence-corrected chi connectivity index (χ0v) is 14.9. The van der Waals surface area contributed by atoms with Crippen molar-refractivity contribution in [3.63, 3.8) is 0 Å². The van der Waals surface area contributed by atoms with E-state index in [1.165, 1.54) is 37.9 Å². The number of aliphatic hydroxyl groups excluding tert-OH is 1. The maximum absolute atomic E-state index is 12.1. The van der Waals surface area contributed by atoms with Crippen LogP contribution >= 0.6 is 0 Å². The minimum absolute atomic E-state index is 0.0395. The van der Waals surface area contributed by atoms with Crippen molar-refractivity contribution < 1.29 is 14.6 Å². The molecule has 3 nitrogen and oxygen atoms in total. The topological polar surface area (TPSA) is 46.5 Å². The maximum atomic E-state index is 12.1. The summed E-state index contributed by atoms with van der Waals surface area (Å²) in [6.45, 7) is 2.39. The number of hydrogen-bond acceptors (Lipinski definition) is 3. The summed E-state index contributed by atoms with van der Waals surface area (Å²) in [5.41, 5.74) is 1.18. The smallest absolute Gasteiger partial charge is 0.306 e. The first-order valence-corrected chi connectivity index (χ1v) is 9.12. The fraction of sp³-hybridized carbons (Fsp3) is 0.261. The molecule has 1 unspecified atom stereocenters. The average Bonchev–Trinajstić information content (AvgIpc) is 2.66. The lowest BCUT2D eigenvalue weighted by Crippen LogP contribution is -2.10. The molecule has 4 aromatic rings. The second kappa shape index (κ2) is 6.93. The van der Waals surface area contributed by atoms with Crippen LogP contribution in [0.4, 0.5) is 0 Å². The van der Waals surface area contributed by atoms with Gasteiger partial charge in [0.2, 0.25) is 0 Å². The maximum Gasteiger partial charge on any atom is 0.306 e. The quantitative estimate of drug-likeness (QED) is 0.303. The van der Waals surface area contributed by atoms with Gasteiger partial charge in [0.15, 0.2) is 0 Å². The predicted molar refractivity (Wildman–Crippen MR) is 106 cm³/mol. The molecule has 0 bridgehead atoms. The predicted octanol–water partition coefficient (Wildman–Crippen LogP) is 5.00. The van der Waals surface area contributed by atoms with Gasteiger partial charge in [-0.2, -0.15) is 0 Å². The van der Waals surface area contributed by atoms with E-state index in [9.17, 15) is 4.79 Å². The molecular weight excluding hydrogens is 324 g/mol. The molecule has 1 atom stereocenters. The van der Waals surface area contributed by atoms with Crippen molar-refractivity contribution >= 4 is 38.3 Å². The Kier molecular flexibility index (Phi) is 4.48. The number of benzene rings is 4. The van der Waals surface area contributed by atoms with Gasteiger partial charge in [-0.25, -0.2) is 0 Å². The number of esters is 1. The van der Waals surface area contributed by atoms with Crippen LogP contribution < -0.4 is 0 Å². The van der Waals surface area contributed by atoms with Crippen molar-refractivity contribution in [2.24, 2.45) is 0 Å². The van der Waals surface area contributed by atoms with Gasteiger partial charge < -0.3 is 9.84 Å². The van der Waals surface area contributed by atoms with Gasteiger partial charge in [-0.3, -0.25) is 4.79 Å². The van der Waals surface area contributed by atoms with Crippen molar-refractivity contribution in [3.05, 3.63) is 60.2 Å². The molecule has 0 heterocycles. The Morgan fingerprint density at radius 2 is 1.62 bits per heavy atom. The van der Waals surface area contributed by atoms with E-state index in [4.69, 9.17) is 9.84 Å². The lowest BCUT2D eigenvalue weighted by atomic mass is 9.87. The zero-order valence-electron chi connectivity index (χ0n) is 14.9. The van der Waals surface area contributed by atoms with E-state index in [0.29, 0.717) is 12.8 Å². The number of ether oxygens (including phenoxy) is 1. The Morgan fingerprint density at radius 1 is 0.962 bits per heavy atom. The molecule has 0 aromatic heterocycles. The van der Waals surface area contributed by atoms with Crippen molar-refractivity contribution in [1.82, 2.24) is 0 Å². The van der Waals surface area contributed by atoms with E-state index in [1.54, 1.807) is 0 Å². The fourth-order valence-corrected chi connectivity index (χ4v) is 3.86. The van der Waals surface area contributed by atoms with E-state index < -0.39 is 0 Å². The number of hydrogen-bond donors (Lipinski definition) is 1. The summed E-state index contributed by atoms with van der Waals surface area (Å²) >= 11 is 0. The molecule has 0 aliphatic rings. The minimum Gasteiger partial charge on any atom is -0.466 e. The highest BCUT2D eigenvalue weighted by atomic mass is 16.5. The van der Waals surface area contributed by atoms with Gasteiger partial charge in [0.05, 0.1) is 13.0 Å². The van der Waals surface area contributed by atoms with E-state index in [-0.39, 0.29) is 25.1 Å². The van der Waals surface area contributed by atoms with Crippen molar-refractivity contribution in [2.75, 3.05) is 13.2 Å². The average molecular weight is 346 g/mol. The van der Waals surface area contributed by atoms with E-state index in [2.05, 4.69) is 61.5 Å². The van der Waals surface area contributed by atoms with Gasteiger partial charge >= 0.3 is 5.97 Å². The molecule has 4 aromatic carbocycles. The summed E-state index contributed by atoms with van der Waals surface area (Å²) in [5.74, 6) is -0.141. The second-order valence-corrected chi connectivity index (χ2v) is 6.91. The largest absolute Gasteiger partial charge is 0.466 e. The Bertz CT molecular complexity index is 1050. The normalized spacial score (nSPS) is 12.8. The Balaban J connectivity index is 1.75. The van der Waals surface area contributed by atoms with Crippen LogP contribution in [0.25, 0.3) is 32.3 Å². The molecule has 0 saturated carbocycles. The molecule has 0 spiro atoms. The van der Waals surface area contributed by atoms with E-state index in [0.717, 1.165) is 0 Å². The van der Waals surface area contributed by atoms with Gasteiger partial charge in [-0.05, 0) is 43.8 Å². The number of carbonyl (C=O) groups is 1. The van der Waals surface area contributed by atoms with Gasteiger partial charge in [-0.1, -0.05) is 61.5 Å². The Labute approximate surface area is 152 Å². The summed E-state index contributed by atoms with van der Waals surface area (Å²) in [7, 11) is 0. The summed E-state index contributed by atoms with van der Waals surface area (Å²) in [4.78, 5) is 12.1. The van der Waals surface area contributed by atoms with Crippen molar-refractivity contribution in [1.29, 1.82) is 0 Å². The first-order chi connectivity index (χ1) is 12.7. The highest BCUT2D eigenvalue weighted by molar-refractivity contribution is 6.23. The number of carbonyl (C=O) groups excluding carboxylic acids is 1. The first-order valence-electron chi connectivity index (χ1n) is 9.12. The summed E-state index contributed by atoms with van der Waals surface area (Å²) in [6, 6.07) is 19.4. The molecule has 1 N–H and O–H groups in total. The minimum atomic E-state index is -0.211. The number of aliphatic hydroxyl groups is 1. The SMILES string of the molecule is CC(CC(=O)OCCCO)c1ccc2ccc3cccc4ccc1c2c34. The highest BCUT2D eigenvalue weighted by Gasteiger charge is 2.17. The third-order valence-electron chi connectivity index (χ3n) is 5.13. The van der Waals surface area contributed by atoms with E-state index in [1.807, 2.05) is 0 Å². The lowest BCUT2D eigenvalue weighted by Gasteiger charge is -2.17. The van der Waals surface area contributed by atoms with Crippen molar-refractivity contribution in [3.8, 4) is 0 Å². The molecule has 0 aliphatic heterocycles. The Morgan fingerprint density at radius 3 is 2.35 bits per heavy atom. The summed E-state index contributed by atoms with van der Waals surface area (Å²) in [6.07, 6.45) is 0.828. The van der Waals surface area contributed by atoms with Crippen LogP contribution in [0, 0.1) is 0 Å². The van der Waals surface area contributed by atoms with Crippen LogP contribution in [-0.2, 0) is 9.53 Å². The molecule has 132 valence electrons. The van der Waals surface area contributed by atoms with Crippen LogP contribution in [0.1, 0.15) is 31.2 Å². The second-order valence-electron chi connectivity index (χ2n) is 6.91. The fourth-order valence-electron chi connectivity index (χ4n) is 3.86. The van der Waals surface area contributed by atoms with Crippen molar-refractivity contribution in [2.45, 2.75) is 25.7 Å². The third-order valence-corrected chi connectivity index (χ3v) is 5.13. The van der Waals surface area contributed by atoms with Crippen LogP contribution in [0.2, 0.25) is 0 Å². The Hall–Kier alpha value is -2.65. The van der Waals surface area contributed by atoms with Gasteiger partial charge in [0, 0.05) is 13.0 Å². The summed E-state index contributed by atoms with van der Waals surface area (Å²) in [5, 5.41) is 16.3. The molecule has 26 heavy (non-hydrogen) atoms. The molecule has 0 fully saturated rings. The first kappa shape index (κ1) is 16.8. The number of rotatable bonds is 6. The molecule has 0 aliphatic carbocycles. The monoisotopic (exact) mass is 346 g/mol. The lowest BCUT2D eigenvalue weighted by molar-refractivity contribution is -0.144. The molecule has 0 saturated heterocycles. The molecule has 0 amide bonds. The molecule has 3 heteroatoms. The molecular formula is C23H22O3. The molecule has 4 rings (SSSR count). The molecule has 0 radical (unpaired) electrons. The van der Waals surface area contributed by atoms with Gasteiger partial charge in [-0.15, -0.1) is 0 Å². The van der Waals surface area contributed by atoms with Crippen LogP contribution in [-0.4, -0.2) is 24.3 Å². The standard InChI is InChI=1S/C23H22O3/c1-15(14-21(25)26-13-3-12-24)19-10-8-18-7-6-16-4-2-5-17-9-11-20(19)23(18)22(16)17/h2,4-11,15,24H,3,12-14H2,1H3. The third kappa shape index (κ3) is 2.89. The van der Waals surface area contributed by atoms with Gasteiger partial charge in [0.25, 0.3) is 0 Å².